The van der Waals surface area contributed by atoms with Crippen LogP contribution in [0.15, 0.2) is 12.1 Å². The Morgan fingerprint density at radius 2 is 1.80 bits per heavy atom. The fraction of sp³-hybridized carbons (Fsp3) is 0.636. The van der Waals surface area contributed by atoms with Crippen molar-refractivity contribution in [2.24, 2.45) is 0 Å². The van der Waals surface area contributed by atoms with Gasteiger partial charge in [-0.3, -0.25) is 24.5 Å². The first-order valence-corrected chi connectivity index (χ1v) is 18.3. The molecule has 12 heteroatoms. The van der Waals surface area contributed by atoms with Crippen LogP contribution in [0.4, 0.5) is 4.39 Å². The highest BCUT2D eigenvalue weighted by Gasteiger charge is 2.40. The summed E-state index contributed by atoms with van der Waals surface area (Å²) >= 11 is 8.44. The lowest BCUT2D eigenvalue weighted by Gasteiger charge is -2.29. The summed E-state index contributed by atoms with van der Waals surface area (Å²) in [6, 6.07) is 4.43. The second-order valence-corrected chi connectivity index (χ2v) is 15.8. The summed E-state index contributed by atoms with van der Waals surface area (Å²) < 4.78 is 15.2. The van der Waals surface area contributed by atoms with Crippen molar-refractivity contribution >= 4 is 62.9 Å². The summed E-state index contributed by atoms with van der Waals surface area (Å²) in [5, 5.41) is 14.8. The molecule has 3 rings (SSSR count). The van der Waals surface area contributed by atoms with E-state index >= 15 is 4.39 Å². The van der Waals surface area contributed by atoms with Gasteiger partial charge in [-0.1, -0.05) is 94.8 Å². The van der Waals surface area contributed by atoms with Crippen LogP contribution in [0, 0.1) is 17.1 Å². The number of benzene rings is 1. The van der Waals surface area contributed by atoms with E-state index in [0.29, 0.717) is 9.95 Å². The summed E-state index contributed by atoms with van der Waals surface area (Å²) in [4.78, 5) is 50.6. The van der Waals surface area contributed by atoms with E-state index in [1.165, 1.54) is 86.6 Å². The third-order valence-corrected chi connectivity index (χ3v) is 11.1. The predicted octanol–water partition coefficient (Wildman–Crippen LogP) is 6.94. The van der Waals surface area contributed by atoms with Gasteiger partial charge in [-0.2, -0.15) is 5.26 Å². The number of nitriles is 1. The number of thiocarbonyl (C=S) groups is 1. The van der Waals surface area contributed by atoms with Crippen molar-refractivity contribution in [2.75, 3.05) is 5.75 Å². The van der Waals surface area contributed by atoms with E-state index in [1.807, 2.05) is 0 Å². The van der Waals surface area contributed by atoms with Crippen LogP contribution in [-0.4, -0.2) is 48.6 Å². The zero-order valence-electron chi connectivity index (χ0n) is 26.4. The minimum absolute atomic E-state index is 0.0753. The number of hydrogen-bond donors (Lipinski definition) is 2. The number of thioether (sulfide) groups is 2. The molecule has 2 heterocycles. The molecule has 0 aliphatic carbocycles. The van der Waals surface area contributed by atoms with Gasteiger partial charge in [-0.15, -0.1) is 11.8 Å². The molecule has 2 N–H and O–H groups in total. The topological polar surface area (TPSA) is 119 Å². The van der Waals surface area contributed by atoms with Crippen molar-refractivity contribution in [1.82, 2.24) is 15.5 Å². The van der Waals surface area contributed by atoms with Crippen LogP contribution < -0.4 is 10.6 Å². The minimum atomic E-state index is -0.849. The molecule has 4 amide bonds. The molecule has 246 valence electrons. The van der Waals surface area contributed by atoms with Crippen molar-refractivity contribution in [3.8, 4) is 6.07 Å². The van der Waals surface area contributed by atoms with Crippen LogP contribution in [0.5, 0.6) is 0 Å². The van der Waals surface area contributed by atoms with E-state index in [-0.39, 0.29) is 60.9 Å². The highest BCUT2D eigenvalue weighted by molar-refractivity contribution is 8.47. The Hall–Kier alpha value is -2.49. The Morgan fingerprint density at radius 3 is 2.44 bits per heavy atom. The average Bonchev–Trinajstić information content (AvgIpc) is 3.35. The molecule has 2 atom stereocenters. The van der Waals surface area contributed by atoms with Gasteiger partial charge in [0, 0.05) is 36.1 Å². The van der Waals surface area contributed by atoms with Crippen LogP contribution in [0.25, 0.3) is 0 Å². The normalized spacial score (nSPS) is 17.4. The standard InChI is InChI=1S/C33H45FN4O4S3/c1-3-4-5-6-7-8-9-10-11-12-19-44-32(43)45-33(2,22-35)18-17-27(39)36-20-23-13-14-24-25(29(23)34)21-38(31(24)42)26-15-16-28(40)37-30(26)41/h13-14,26H,3-12,15-21H2,1-2H3,(H,36,39)(H,37,40,41). The van der Waals surface area contributed by atoms with Crippen molar-refractivity contribution in [1.29, 1.82) is 5.26 Å². The van der Waals surface area contributed by atoms with Gasteiger partial charge in [-0.05, 0) is 38.0 Å². The molecule has 0 saturated carbocycles. The number of fused-ring (bicyclic) bond motifs is 1. The second-order valence-electron chi connectivity index (χ2n) is 12.0. The first-order valence-electron chi connectivity index (χ1n) is 16.1. The maximum absolute atomic E-state index is 15.4. The van der Waals surface area contributed by atoms with Gasteiger partial charge in [0.15, 0.2) is 0 Å². The van der Waals surface area contributed by atoms with Crippen LogP contribution >= 0.6 is 35.7 Å². The minimum Gasteiger partial charge on any atom is -0.352 e. The lowest BCUT2D eigenvalue weighted by Crippen LogP contribution is -2.52. The van der Waals surface area contributed by atoms with Crippen LogP contribution in [0.2, 0.25) is 0 Å². The Bertz CT molecular complexity index is 1290. The maximum Gasteiger partial charge on any atom is 0.255 e. The van der Waals surface area contributed by atoms with E-state index in [9.17, 15) is 24.4 Å². The number of imide groups is 1. The third kappa shape index (κ3) is 11.4. The van der Waals surface area contributed by atoms with Crippen molar-refractivity contribution < 1.29 is 23.6 Å². The Balaban J connectivity index is 1.37. The number of unbranched alkanes of at least 4 members (excludes halogenated alkanes) is 9. The zero-order chi connectivity index (χ0) is 32.8. The molecule has 0 aromatic heterocycles. The molecule has 0 radical (unpaired) electrons. The predicted molar refractivity (Wildman–Crippen MR) is 182 cm³/mol. The number of hydrogen-bond acceptors (Lipinski definition) is 8. The van der Waals surface area contributed by atoms with Crippen molar-refractivity contribution in [3.05, 3.63) is 34.6 Å². The first-order chi connectivity index (χ1) is 21.6. The van der Waals surface area contributed by atoms with Crippen LogP contribution in [0.3, 0.4) is 0 Å². The smallest absolute Gasteiger partial charge is 0.255 e. The molecule has 0 spiro atoms. The SMILES string of the molecule is CCCCCCCCCCCCSC(=S)SC(C)(C#N)CCC(=O)NCc1ccc2c(c1F)CN(C1CCC(=O)NC1=O)C2=O. The number of carbonyl (C=O) groups is 4. The number of nitrogens with one attached hydrogen (secondary N) is 2. The number of carbonyl (C=O) groups excluding carboxylic acids is 4. The van der Waals surface area contributed by atoms with E-state index in [4.69, 9.17) is 12.2 Å². The van der Waals surface area contributed by atoms with Crippen LogP contribution in [0.1, 0.15) is 125 Å². The maximum atomic E-state index is 15.4. The molecule has 2 unspecified atom stereocenters. The first kappa shape index (κ1) is 37.0. The average molecular weight is 677 g/mol. The Kier molecular flexibility index (Phi) is 15.3. The van der Waals surface area contributed by atoms with Gasteiger partial charge in [0.05, 0.1) is 12.6 Å². The molecule has 1 saturated heterocycles. The number of rotatable bonds is 18. The summed E-state index contributed by atoms with van der Waals surface area (Å²) in [6.07, 6.45) is 13.4. The molecular weight excluding hydrogens is 632 g/mol. The molecule has 2 aliphatic heterocycles. The van der Waals surface area contributed by atoms with Gasteiger partial charge in [0.1, 0.15) is 20.1 Å². The molecular formula is C33H45FN4O4S3. The highest BCUT2D eigenvalue weighted by Crippen LogP contribution is 2.35. The quantitative estimate of drug-likeness (QED) is 0.0976. The Morgan fingerprint density at radius 1 is 1.13 bits per heavy atom. The number of amides is 4. The summed E-state index contributed by atoms with van der Waals surface area (Å²) in [6.45, 7) is 3.86. The summed E-state index contributed by atoms with van der Waals surface area (Å²) in [5.74, 6) is -1.40. The zero-order valence-corrected chi connectivity index (χ0v) is 28.8. The van der Waals surface area contributed by atoms with E-state index < -0.39 is 28.4 Å². The fourth-order valence-corrected chi connectivity index (χ4v) is 8.48. The van der Waals surface area contributed by atoms with Crippen LogP contribution in [-0.2, 0) is 27.5 Å². The monoisotopic (exact) mass is 676 g/mol. The van der Waals surface area contributed by atoms with E-state index in [2.05, 4.69) is 23.6 Å². The lowest BCUT2D eigenvalue weighted by atomic mass is 10.0. The molecule has 1 fully saturated rings. The van der Waals surface area contributed by atoms with E-state index in [0.717, 1.165) is 12.2 Å². The van der Waals surface area contributed by atoms with Gasteiger partial charge in [-0.25, -0.2) is 4.39 Å². The molecule has 45 heavy (non-hydrogen) atoms. The highest BCUT2D eigenvalue weighted by atomic mass is 32.2. The van der Waals surface area contributed by atoms with Gasteiger partial charge < -0.3 is 10.2 Å². The largest absolute Gasteiger partial charge is 0.352 e. The Labute approximate surface area is 280 Å². The van der Waals surface area contributed by atoms with Gasteiger partial charge in [0.25, 0.3) is 5.91 Å². The number of nitrogens with zero attached hydrogens (tertiary/aromatic N) is 2. The summed E-state index contributed by atoms with van der Waals surface area (Å²) in [5.41, 5.74) is 0.576. The summed E-state index contributed by atoms with van der Waals surface area (Å²) in [7, 11) is 0. The van der Waals surface area contributed by atoms with E-state index in [1.54, 1.807) is 18.7 Å². The molecule has 0 bridgehead atoms. The fourth-order valence-electron chi connectivity index (χ4n) is 5.51. The number of halogens is 1. The number of piperidine rings is 1. The second kappa shape index (κ2) is 18.6. The third-order valence-electron chi connectivity index (χ3n) is 8.30. The van der Waals surface area contributed by atoms with Crippen molar-refractivity contribution in [3.63, 3.8) is 0 Å². The van der Waals surface area contributed by atoms with Gasteiger partial charge >= 0.3 is 0 Å². The lowest BCUT2D eigenvalue weighted by molar-refractivity contribution is -0.137. The molecule has 1 aromatic rings. The van der Waals surface area contributed by atoms with Gasteiger partial charge in [0.2, 0.25) is 17.7 Å². The van der Waals surface area contributed by atoms with Crippen molar-refractivity contribution in [2.45, 2.75) is 128 Å². The molecule has 2 aliphatic rings. The molecule has 1 aromatic carbocycles. The molecule has 8 nitrogen and oxygen atoms in total.